The normalized spacial score (nSPS) is 19.4. The maximum absolute atomic E-state index is 5.33. The number of rotatable bonds is 0. The molecular weight excluding hydrogens is 335 g/mol. The molecule has 7 heteroatoms. The minimum atomic E-state index is 0. The summed E-state index contributed by atoms with van der Waals surface area (Å²) < 4.78 is 32.0. The largest absolute Gasteiger partial charge is 1.00 e. The Morgan fingerprint density at radius 2 is 0.680 bits per heavy atom. The van der Waals surface area contributed by atoms with Crippen LogP contribution < -0.4 is 29.6 Å². The maximum Gasteiger partial charge on any atom is 1.00 e. The molecule has 25 heavy (non-hydrogen) atoms. The van der Waals surface area contributed by atoms with Crippen LogP contribution in [0.2, 0.25) is 0 Å². The zero-order chi connectivity index (χ0) is 17.1. The Balaban J connectivity index is 0.000000693. The van der Waals surface area contributed by atoms with Crippen molar-refractivity contribution < 1.29 is 58.0 Å². The van der Waals surface area contributed by atoms with E-state index < -0.39 is 0 Å². The Bertz CT molecular complexity index is 272. The van der Waals surface area contributed by atoms with Crippen molar-refractivity contribution in [1.82, 2.24) is 0 Å². The van der Waals surface area contributed by atoms with Crippen LogP contribution in [-0.2, 0) is 28.4 Å². The van der Waals surface area contributed by atoms with E-state index in [1.165, 1.54) is 5.56 Å². The van der Waals surface area contributed by atoms with Gasteiger partial charge in [-0.25, -0.2) is 12.1 Å². The van der Waals surface area contributed by atoms with Crippen molar-refractivity contribution in [3.8, 4) is 0 Å². The van der Waals surface area contributed by atoms with Gasteiger partial charge in [-0.15, -0.1) is 0 Å². The van der Waals surface area contributed by atoms with Crippen LogP contribution >= 0.6 is 0 Å². The Morgan fingerprint density at radius 3 is 0.800 bits per heavy atom. The molecule has 2 rings (SSSR count). The minimum absolute atomic E-state index is 0. The average molecular weight is 366 g/mol. The first-order valence-corrected chi connectivity index (χ1v) is 8.54. The SMILES string of the molecule is C1COCCOCCOCCOCCOCCO1.C[c-]1cccc1.[Na+]. The van der Waals surface area contributed by atoms with Gasteiger partial charge in [0, 0.05) is 0 Å². The van der Waals surface area contributed by atoms with E-state index in [4.69, 9.17) is 28.4 Å². The molecular formula is C18H31NaO6. The van der Waals surface area contributed by atoms with Gasteiger partial charge < -0.3 is 28.4 Å². The predicted molar refractivity (Wildman–Crippen MR) is 91.7 cm³/mol. The zero-order valence-electron chi connectivity index (χ0n) is 15.7. The summed E-state index contributed by atoms with van der Waals surface area (Å²) in [5.41, 5.74) is 1.34. The molecule has 1 aromatic rings. The predicted octanol–water partition coefficient (Wildman–Crippen LogP) is -1.18. The van der Waals surface area contributed by atoms with E-state index in [9.17, 15) is 0 Å². The van der Waals surface area contributed by atoms with Crippen molar-refractivity contribution in [3.63, 3.8) is 0 Å². The molecule has 0 atom stereocenters. The monoisotopic (exact) mass is 366 g/mol. The fourth-order valence-corrected chi connectivity index (χ4v) is 1.79. The van der Waals surface area contributed by atoms with E-state index in [0.29, 0.717) is 79.3 Å². The zero-order valence-corrected chi connectivity index (χ0v) is 17.7. The van der Waals surface area contributed by atoms with Crippen molar-refractivity contribution in [1.29, 1.82) is 0 Å². The summed E-state index contributed by atoms with van der Waals surface area (Å²) in [5.74, 6) is 0. The Morgan fingerprint density at radius 1 is 0.480 bits per heavy atom. The number of aryl methyl sites for hydroxylation is 1. The summed E-state index contributed by atoms with van der Waals surface area (Å²) in [7, 11) is 0. The third-order valence-corrected chi connectivity index (χ3v) is 3.06. The van der Waals surface area contributed by atoms with Crippen molar-refractivity contribution in [2.75, 3.05) is 79.3 Å². The summed E-state index contributed by atoms with van der Waals surface area (Å²) >= 11 is 0. The Kier molecular flexibility index (Phi) is 20.5. The minimum Gasteiger partial charge on any atom is -0.377 e. The molecule has 1 aromatic carbocycles. The van der Waals surface area contributed by atoms with E-state index in [-0.39, 0.29) is 29.6 Å². The van der Waals surface area contributed by atoms with E-state index >= 15 is 0 Å². The molecule has 0 bridgehead atoms. The fourth-order valence-electron chi connectivity index (χ4n) is 1.79. The van der Waals surface area contributed by atoms with Gasteiger partial charge in [-0.3, -0.25) is 0 Å². The van der Waals surface area contributed by atoms with Crippen LogP contribution in [0, 0.1) is 6.92 Å². The third kappa shape index (κ3) is 18.7. The molecule has 1 heterocycles. The van der Waals surface area contributed by atoms with E-state index in [2.05, 4.69) is 19.1 Å². The van der Waals surface area contributed by atoms with Crippen LogP contribution in [0.15, 0.2) is 24.3 Å². The van der Waals surface area contributed by atoms with Gasteiger partial charge in [-0.1, -0.05) is 6.92 Å². The number of hydrogen-bond acceptors (Lipinski definition) is 6. The molecule has 0 radical (unpaired) electrons. The molecule has 140 valence electrons. The van der Waals surface area contributed by atoms with Gasteiger partial charge in [0.05, 0.1) is 79.3 Å². The number of hydrogen-bond donors (Lipinski definition) is 0. The standard InChI is InChI=1S/C12H24O6.C6H7.Na/c1-2-14-5-6-16-9-10-18-12-11-17-8-7-15-4-3-13-1;1-6-4-2-3-5-6;/h1-12H2;2-5H,1H3;/q;-1;+1. The molecule has 0 saturated carbocycles. The molecule has 1 saturated heterocycles. The van der Waals surface area contributed by atoms with Gasteiger partial charge in [0.1, 0.15) is 0 Å². The van der Waals surface area contributed by atoms with Crippen LogP contribution in [0.5, 0.6) is 0 Å². The second-order valence-corrected chi connectivity index (χ2v) is 5.14. The fraction of sp³-hybridized carbons (Fsp3) is 0.722. The van der Waals surface area contributed by atoms with Gasteiger partial charge in [0.15, 0.2) is 0 Å². The van der Waals surface area contributed by atoms with Crippen molar-refractivity contribution >= 4 is 0 Å². The molecule has 0 amide bonds. The third-order valence-electron chi connectivity index (χ3n) is 3.06. The molecule has 1 aliphatic heterocycles. The summed E-state index contributed by atoms with van der Waals surface area (Å²) in [6.45, 7) is 9.12. The molecule has 0 aromatic heterocycles. The van der Waals surface area contributed by atoms with Crippen LogP contribution in [0.25, 0.3) is 0 Å². The van der Waals surface area contributed by atoms with E-state index in [1.54, 1.807) is 0 Å². The summed E-state index contributed by atoms with van der Waals surface area (Å²) in [4.78, 5) is 0. The van der Waals surface area contributed by atoms with Gasteiger partial charge in [-0.05, 0) is 0 Å². The maximum atomic E-state index is 5.33. The molecule has 1 fully saturated rings. The second-order valence-electron chi connectivity index (χ2n) is 5.14. The Hall–Kier alpha value is 0.110. The van der Waals surface area contributed by atoms with Crippen molar-refractivity contribution in [2.45, 2.75) is 6.92 Å². The van der Waals surface area contributed by atoms with E-state index in [1.807, 2.05) is 12.1 Å². The van der Waals surface area contributed by atoms with Crippen LogP contribution in [0.1, 0.15) is 5.56 Å². The van der Waals surface area contributed by atoms with Crippen molar-refractivity contribution in [2.24, 2.45) is 0 Å². The summed E-state index contributed by atoms with van der Waals surface area (Å²) in [6.07, 6.45) is 0. The van der Waals surface area contributed by atoms with Crippen molar-refractivity contribution in [3.05, 3.63) is 29.8 Å². The first-order valence-electron chi connectivity index (χ1n) is 8.54. The Labute approximate surface area is 173 Å². The van der Waals surface area contributed by atoms with Gasteiger partial charge in [0.2, 0.25) is 0 Å². The van der Waals surface area contributed by atoms with Crippen LogP contribution in [0.4, 0.5) is 0 Å². The number of ether oxygens (including phenoxy) is 6. The summed E-state index contributed by atoms with van der Waals surface area (Å²) in [6, 6.07) is 8.24. The van der Waals surface area contributed by atoms with Gasteiger partial charge in [-0.2, -0.15) is 17.7 Å². The van der Waals surface area contributed by atoms with Crippen LogP contribution in [-0.4, -0.2) is 79.3 Å². The average Bonchev–Trinajstić information content (AvgIpc) is 3.07. The molecule has 0 unspecified atom stereocenters. The first kappa shape index (κ1) is 25.1. The molecule has 0 aliphatic carbocycles. The van der Waals surface area contributed by atoms with E-state index in [0.717, 1.165) is 0 Å². The molecule has 0 spiro atoms. The van der Waals surface area contributed by atoms with Gasteiger partial charge >= 0.3 is 29.6 Å². The first-order chi connectivity index (χ1) is 11.9. The van der Waals surface area contributed by atoms with Gasteiger partial charge in [0.25, 0.3) is 0 Å². The second kappa shape index (κ2) is 20.4. The molecule has 6 nitrogen and oxygen atoms in total. The smallest absolute Gasteiger partial charge is 0.377 e. The molecule has 0 N–H and O–H groups in total. The topological polar surface area (TPSA) is 55.4 Å². The molecule has 1 aliphatic rings. The van der Waals surface area contributed by atoms with Crippen LogP contribution in [0.3, 0.4) is 0 Å². The quantitative estimate of drug-likeness (QED) is 0.426. The summed E-state index contributed by atoms with van der Waals surface area (Å²) in [5, 5.41) is 0.